The number of hydrogen-bond acceptors (Lipinski definition) is 4. The van der Waals surface area contributed by atoms with Gasteiger partial charge in [-0.05, 0) is 34.6 Å². The Morgan fingerprint density at radius 2 is 2.07 bits per heavy atom. The lowest BCUT2D eigenvalue weighted by atomic mass is 9.99. The Morgan fingerprint density at radius 3 is 2.47 bits per heavy atom. The SMILES string of the molecule is Cc1nc(CNC(C)(C)C(C)O)oc1C. The van der Waals surface area contributed by atoms with E-state index in [1.165, 1.54) is 0 Å². The molecule has 0 aliphatic rings. The molecule has 15 heavy (non-hydrogen) atoms. The molecule has 0 saturated heterocycles. The van der Waals surface area contributed by atoms with E-state index in [4.69, 9.17) is 4.42 Å². The molecular weight excluding hydrogens is 192 g/mol. The number of hydrogen-bond donors (Lipinski definition) is 2. The van der Waals surface area contributed by atoms with Gasteiger partial charge in [-0.2, -0.15) is 0 Å². The normalized spacial score (nSPS) is 14.3. The topological polar surface area (TPSA) is 58.3 Å². The first-order valence-corrected chi connectivity index (χ1v) is 5.19. The van der Waals surface area contributed by atoms with Gasteiger partial charge < -0.3 is 14.8 Å². The standard InChI is InChI=1S/C11H20N2O2/c1-7-8(2)15-10(13-7)6-12-11(4,5)9(3)14/h9,12,14H,6H2,1-5H3. The van der Waals surface area contributed by atoms with Gasteiger partial charge in [0.2, 0.25) is 5.89 Å². The quantitative estimate of drug-likeness (QED) is 0.795. The van der Waals surface area contributed by atoms with Crippen LogP contribution >= 0.6 is 0 Å². The van der Waals surface area contributed by atoms with Gasteiger partial charge in [0.05, 0.1) is 18.3 Å². The van der Waals surface area contributed by atoms with Crippen LogP contribution in [0.25, 0.3) is 0 Å². The minimum atomic E-state index is -0.422. The van der Waals surface area contributed by atoms with Gasteiger partial charge >= 0.3 is 0 Å². The number of aromatic nitrogens is 1. The predicted octanol–water partition coefficient (Wildman–Crippen LogP) is 1.54. The summed E-state index contributed by atoms with van der Waals surface area (Å²) >= 11 is 0. The average molecular weight is 212 g/mol. The zero-order valence-electron chi connectivity index (χ0n) is 10.1. The molecule has 0 aromatic carbocycles. The van der Waals surface area contributed by atoms with E-state index < -0.39 is 6.10 Å². The molecule has 1 rings (SSSR count). The maximum atomic E-state index is 9.50. The van der Waals surface area contributed by atoms with Crippen LogP contribution in [0.5, 0.6) is 0 Å². The van der Waals surface area contributed by atoms with Gasteiger partial charge in [0.1, 0.15) is 5.76 Å². The minimum Gasteiger partial charge on any atom is -0.444 e. The van der Waals surface area contributed by atoms with Crippen molar-refractivity contribution < 1.29 is 9.52 Å². The van der Waals surface area contributed by atoms with Gasteiger partial charge in [-0.15, -0.1) is 0 Å². The van der Waals surface area contributed by atoms with Crippen LogP contribution in [0, 0.1) is 13.8 Å². The van der Waals surface area contributed by atoms with Gasteiger partial charge in [0.25, 0.3) is 0 Å². The summed E-state index contributed by atoms with van der Waals surface area (Å²) in [5.41, 5.74) is 0.581. The molecule has 0 saturated carbocycles. The lowest BCUT2D eigenvalue weighted by Gasteiger charge is -2.28. The number of rotatable bonds is 4. The highest BCUT2D eigenvalue weighted by molar-refractivity contribution is 5.05. The van der Waals surface area contributed by atoms with Crippen molar-refractivity contribution in [2.45, 2.75) is 52.8 Å². The van der Waals surface area contributed by atoms with Gasteiger partial charge in [-0.25, -0.2) is 4.98 Å². The van der Waals surface area contributed by atoms with Gasteiger partial charge in [0.15, 0.2) is 0 Å². The molecular formula is C11H20N2O2. The van der Waals surface area contributed by atoms with Crippen LogP contribution in [0.2, 0.25) is 0 Å². The van der Waals surface area contributed by atoms with E-state index in [0.29, 0.717) is 12.4 Å². The summed E-state index contributed by atoms with van der Waals surface area (Å²) in [6.07, 6.45) is -0.422. The largest absolute Gasteiger partial charge is 0.444 e. The maximum absolute atomic E-state index is 9.50. The highest BCUT2D eigenvalue weighted by Gasteiger charge is 2.23. The first-order chi connectivity index (χ1) is 6.83. The molecule has 2 N–H and O–H groups in total. The second kappa shape index (κ2) is 4.33. The maximum Gasteiger partial charge on any atom is 0.208 e. The van der Waals surface area contributed by atoms with Gasteiger partial charge in [0, 0.05) is 5.54 Å². The van der Waals surface area contributed by atoms with Crippen LogP contribution in [-0.2, 0) is 6.54 Å². The molecule has 86 valence electrons. The van der Waals surface area contributed by atoms with E-state index in [-0.39, 0.29) is 5.54 Å². The van der Waals surface area contributed by atoms with Crippen molar-refractivity contribution in [2.24, 2.45) is 0 Å². The summed E-state index contributed by atoms with van der Waals surface area (Å²) in [4.78, 5) is 4.26. The van der Waals surface area contributed by atoms with E-state index in [1.807, 2.05) is 27.7 Å². The second-order valence-corrected chi connectivity index (χ2v) is 4.50. The Balaban J connectivity index is 2.57. The molecule has 4 heteroatoms. The van der Waals surface area contributed by atoms with E-state index in [0.717, 1.165) is 11.5 Å². The molecule has 1 aromatic rings. The van der Waals surface area contributed by atoms with Gasteiger partial charge in [-0.3, -0.25) is 0 Å². The van der Waals surface area contributed by atoms with E-state index in [9.17, 15) is 5.11 Å². The van der Waals surface area contributed by atoms with Crippen molar-refractivity contribution in [3.63, 3.8) is 0 Å². The summed E-state index contributed by atoms with van der Waals surface area (Å²) in [6, 6.07) is 0. The Bertz CT molecular complexity index is 310. The molecule has 1 atom stereocenters. The second-order valence-electron chi connectivity index (χ2n) is 4.50. The number of nitrogens with zero attached hydrogens (tertiary/aromatic N) is 1. The Labute approximate surface area is 90.7 Å². The van der Waals surface area contributed by atoms with E-state index in [2.05, 4.69) is 10.3 Å². The molecule has 1 aromatic heterocycles. The van der Waals surface area contributed by atoms with E-state index >= 15 is 0 Å². The lowest BCUT2D eigenvalue weighted by Crippen LogP contribution is -2.47. The first kappa shape index (κ1) is 12.2. The van der Waals surface area contributed by atoms with Crippen molar-refractivity contribution in [1.29, 1.82) is 0 Å². The summed E-state index contributed by atoms with van der Waals surface area (Å²) in [5.74, 6) is 1.51. The molecule has 0 spiro atoms. The summed E-state index contributed by atoms with van der Waals surface area (Å²) in [6.45, 7) is 10.0. The first-order valence-electron chi connectivity index (χ1n) is 5.19. The lowest BCUT2D eigenvalue weighted by molar-refractivity contribution is 0.0938. The summed E-state index contributed by atoms with van der Waals surface area (Å²) in [7, 11) is 0. The van der Waals surface area contributed by atoms with Crippen LogP contribution in [-0.4, -0.2) is 21.7 Å². The number of oxazole rings is 1. The third-order valence-corrected chi connectivity index (χ3v) is 2.81. The zero-order chi connectivity index (χ0) is 11.6. The predicted molar refractivity (Wildman–Crippen MR) is 58.6 cm³/mol. The molecule has 1 heterocycles. The molecule has 4 nitrogen and oxygen atoms in total. The Kier molecular flexibility index (Phi) is 3.52. The fraction of sp³-hybridized carbons (Fsp3) is 0.727. The van der Waals surface area contributed by atoms with Crippen LogP contribution in [0.15, 0.2) is 4.42 Å². The molecule has 1 unspecified atom stereocenters. The van der Waals surface area contributed by atoms with Crippen LogP contribution in [0.3, 0.4) is 0 Å². The van der Waals surface area contributed by atoms with Crippen molar-refractivity contribution in [3.8, 4) is 0 Å². The average Bonchev–Trinajstić information content (AvgIpc) is 2.43. The van der Waals surface area contributed by atoms with Crippen molar-refractivity contribution >= 4 is 0 Å². The number of aliphatic hydroxyl groups is 1. The molecule has 0 bridgehead atoms. The van der Waals surface area contributed by atoms with E-state index in [1.54, 1.807) is 6.92 Å². The van der Waals surface area contributed by atoms with Crippen molar-refractivity contribution in [3.05, 3.63) is 17.3 Å². The molecule has 0 aliphatic carbocycles. The summed E-state index contributed by atoms with van der Waals surface area (Å²) < 4.78 is 5.43. The fourth-order valence-corrected chi connectivity index (χ4v) is 1.07. The van der Waals surface area contributed by atoms with Crippen LogP contribution in [0.1, 0.15) is 38.1 Å². The number of aliphatic hydroxyl groups excluding tert-OH is 1. The third kappa shape index (κ3) is 3.04. The van der Waals surface area contributed by atoms with Crippen molar-refractivity contribution in [2.75, 3.05) is 0 Å². The minimum absolute atomic E-state index is 0.337. The van der Waals surface area contributed by atoms with Crippen LogP contribution in [0.4, 0.5) is 0 Å². The van der Waals surface area contributed by atoms with Crippen LogP contribution < -0.4 is 5.32 Å². The highest BCUT2D eigenvalue weighted by Crippen LogP contribution is 2.12. The zero-order valence-corrected chi connectivity index (χ0v) is 10.1. The number of nitrogens with one attached hydrogen (secondary N) is 1. The monoisotopic (exact) mass is 212 g/mol. The smallest absolute Gasteiger partial charge is 0.208 e. The van der Waals surface area contributed by atoms with Crippen molar-refractivity contribution in [1.82, 2.24) is 10.3 Å². The number of aryl methyl sites for hydroxylation is 2. The molecule has 0 radical (unpaired) electrons. The third-order valence-electron chi connectivity index (χ3n) is 2.81. The summed E-state index contributed by atoms with van der Waals surface area (Å²) in [5, 5.41) is 12.7. The molecule has 0 aliphatic heterocycles. The molecule has 0 fully saturated rings. The Morgan fingerprint density at radius 1 is 1.47 bits per heavy atom. The Hall–Kier alpha value is -0.870. The fourth-order valence-electron chi connectivity index (χ4n) is 1.07. The molecule has 0 amide bonds. The van der Waals surface area contributed by atoms with Gasteiger partial charge in [-0.1, -0.05) is 0 Å². The highest BCUT2D eigenvalue weighted by atomic mass is 16.4.